The van der Waals surface area contributed by atoms with Crippen molar-refractivity contribution in [2.75, 3.05) is 0 Å². The highest BCUT2D eigenvalue weighted by atomic mass is 16.7. The average Bonchev–Trinajstić information content (AvgIpc) is 2.61. The summed E-state index contributed by atoms with van der Waals surface area (Å²) < 4.78 is 10.5. The molecule has 0 saturated carbocycles. The number of esters is 1. The molecule has 0 radical (unpaired) electrons. The lowest BCUT2D eigenvalue weighted by Gasteiger charge is -2.06. The van der Waals surface area contributed by atoms with Gasteiger partial charge in [-0.2, -0.15) is 0 Å². The normalized spacial score (nSPS) is 26.2. The summed E-state index contributed by atoms with van der Waals surface area (Å²) in [4.78, 5) is 11.4. The Kier molecular flexibility index (Phi) is 2.50. The van der Waals surface area contributed by atoms with Crippen molar-refractivity contribution in [1.82, 2.24) is 0 Å². The maximum atomic E-state index is 11.4. The molecule has 0 spiro atoms. The van der Waals surface area contributed by atoms with Crippen molar-refractivity contribution in [1.29, 1.82) is 0 Å². The lowest BCUT2D eigenvalue weighted by Crippen LogP contribution is -2.06. The second-order valence-corrected chi connectivity index (χ2v) is 3.20. The quantitative estimate of drug-likeness (QED) is 0.672. The molecule has 3 heteroatoms. The van der Waals surface area contributed by atoms with E-state index in [0.29, 0.717) is 6.42 Å². The molecule has 0 aliphatic carbocycles. The van der Waals surface area contributed by atoms with Crippen LogP contribution in [-0.4, -0.2) is 12.3 Å². The Hall–Kier alpha value is -1.35. The Labute approximate surface area is 82.6 Å². The molecule has 0 bridgehead atoms. The van der Waals surface area contributed by atoms with Crippen molar-refractivity contribution in [2.45, 2.75) is 25.7 Å². The molecule has 74 valence electrons. The third-order valence-electron chi connectivity index (χ3n) is 2.19. The minimum Gasteiger partial charge on any atom is -0.434 e. The van der Waals surface area contributed by atoms with Crippen LogP contribution in [0.1, 0.15) is 25.0 Å². The van der Waals surface area contributed by atoms with Gasteiger partial charge in [0, 0.05) is 6.42 Å². The fraction of sp³-hybridized carbons (Fsp3) is 0.364. The van der Waals surface area contributed by atoms with Gasteiger partial charge in [0.25, 0.3) is 0 Å². The Balaban J connectivity index is 2.17. The van der Waals surface area contributed by atoms with Crippen LogP contribution in [0.4, 0.5) is 0 Å². The van der Waals surface area contributed by atoms with E-state index < -0.39 is 6.10 Å². The molecule has 2 atom stereocenters. The molecule has 0 N–H and O–H groups in total. The summed E-state index contributed by atoms with van der Waals surface area (Å²) in [6, 6.07) is 9.39. The Morgan fingerprint density at radius 1 is 1.29 bits per heavy atom. The van der Waals surface area contributed by atoms with Crippen LogP contribution in [0.5, 0.6) is 0 Å². The smallest absolute Gasteiger partial charge is 0.342 e. The summed E-state index contributed by atoms with van der Waals surface area (Å²) in [7, 11) is 0. The molecule has 1 aliphatic heterocycles. The van der Waals surface area contributed by atoms with Crippen molar-refractivity contribution in [2.24, 2.45) is 0 Å². The highest BCUT2D eigenvalue weighted by Crippen LogP contribution is 2.28. The maximum Gasteiger partial charge on any atom is 0.342 e. The molecule has 0 amide bonds. The van der Waals surface area contributed by atoms with E-state index in [1.54, 1.807) is 0 Å². The Morgan fingerprint density at radius 3 is 2.57 bits per heavy atom. The topological polar surface area (TPSA) is 35.5 Å². The van der Waals surface area contributed by atoms with Crippen LogP contribution >= 0.6 is 0 Å². The SMILES string of the molecule is CCC1OC(=O)C(c2ccccc2)O1. The number of carbonyl (C=O) groups is 1. The van der Waals surface area contributed by atoms with Gasteiger partial charge in [-0.05, 0) is 5.56 Å². The van der Waals surface area contributed by atoms with E-state index in [0.717, 1.165) is 5.56 Å². The minimum atomic E-state index is -0.541. The number of benzene rings is 1. The van der Waals surface area contributed by atoms with Crippen LogP contribution in [0.2, 0.25) is 0 Å². The second-order valence-electron chi connectivity index (χ2n) is 3.20. The number of carbonyl (C=O) groups excluding carboxylic acids is 1. The molecule has 1 aromatic carbocycles. The number of hydrogen-bond acceptors (Lipinski definition) is 3. The standard InChI is InChI=1S/C11H12O3/c1-2-9-13-10(11(12)14-9)8-6-4-3-5-7-8/h3-7,9-10H,2H2,1H3. The lowest BCUT2D eigenvalue weighted by atomic mass is 10.1. The highest BCUT2D eigenvalue weighted by molar-refractivity contribution is 5.77. The molecule has 3 nitrogen and oxygen atoms in total. The zero-order chi connectivity index (χ0) is 9.97. The summed E-state index contributed by atoms with van der Waals surface area (Å²) >= 11 is 0. The molecule has 1 aromatic rings. The first-order valence-electron chi connectivity index (χ1n) is 4.72. The third-order valence-corrected chi connectivity index (χ3v) is 2.19. The van der Waals surface area contributed by atoms with E-state index >= 15 is 0 Å². The van der Waals surface area contributed by atoms with E-state index in [9.17, 15) is 4.79 Å². The van der Waals surface area contributed by atoms with Crippen molar-refractivity contribution in [3.63, 3.8) is 0 Å². The van der Waals surface area contributed by atoms with E-state index in [4.69, 9.17) is 9.47 Å². The fourth-order valence-electron chi connectivity index (χ4n) is 1.45. The van der Waals surface area contributed by atoms with Gasteiger partial charge in [-0.15, -0.1) is 0 Å². The van der Waals surface area contributed by atoms with Gasteiger partial charge in [0.2, 0.25) is 6.29 Å². The predicted octanol–water partition coefficient (Wildman–Crippen LogP) is 2.04. The van der Waals surface area contributed by atoms with Crippen LogP contribution in [0, 0.1) is 0 Å². The molecule has 14 heavy (non-hydrogen) atoms. The zero-order valence-corrected chi connectivity index (χ0v) is 7.97. The molecule has 1 fully saturated rings. The Morgan fingerprint density at radius 2 is 2.00 bits per heavy atom. The monoisotopic (exact) mass is 192 g/mol. The van der Waals surface area contributed by atoms with Gasteiger partial charge in [-0.25, -0.2) is 4.79 Å². The molecule has 0 aromatic heterocycles. The van der Waals surface area contributed by atoms with Gasteiger partial charge in [0.15, 0.2) is 6.10 Å². The van der Waals surface area contributed by atoms with Crippen LogP contribution in [0.25, 0.3) is 0 Å². The molecule has 1 heterocycles. The minimum absolute atomic E-state index is 0.289. The first-order valence-corrected chi connectivity index (χ1v) is 4.72. The molecular weight excluding hydrogens is 180 g/mol. The Bertz CT molecular complexity index is 321. The molecular formula is C11H12O3. The summed E-state index contributed by atoms with van der Waals surface area (Å²) in [6.45, 7) is 1.92. The van der Waals surface area contributed by atoms with E-state index in [1.165, 1.54) is 0 Å². The van der Waals surface area contributed by atoms with Crippen LogP contribution in [0.3, 0.4) is 0 Å². The molecule has 2 unspecified atom stereocenters. The summed E-state index contributed by atoms with van der Waals surface area (Å²) in [6.07, 6.45) is -0.233. The maximum absolute atomic E-state index is 11.4. The highest BCUT2D eigenvalue weighted by Gasteiger charge is 2.35. The van der Waals surface area contributed by atoms with Crippen molar-refractivity contribution in [3.05, 3.63) is 35.9 Å². The van der Waals surface area contributed by atoms with Crippen LogP contribution in [-0.2, 0) is 14.3 Å². The van der Waals surface area contributed by atoms with Crippen LogP contribution in [0.15, 0.2) is 30.3 Å². The number of hydrogen-bond donors (Lipinski definition) is 0. The number of rotatable bonds is 2. The predicted molar refractivity (Wildman–Crippen MR) is 50.4 cm³/mol. The number of cyclic esters (lactones) is 1. The van der Waals surface area contributed by atoms with Gasteiger partial charge in [0.1, 0.15) is 0 Å². The van der Waals surface area contributed by atoms with Crippen molar-refractivity contribution >= 4 is 5.97 Å². The van der Waals surface area contributed by atoms with E-state index in [1.807, 2.05) is 37.3 Å². The summed E-state index contributed by atoms with van der Waals surface area (Å²) in [5.74, 6) is -0.289. The molecule has 2 rings (SSSR count). The molecule has 1 saturated heterocycles. The van der Waals surface area contributed by atoms with Crippen LogP contribution < -0.4 is 0 Å². The van der Waals surface area contributed by atoms with E-state index in [2.05, 4.69) is 0 Å². The third kappa shape index (κ3) is 1.63. The van der Waals surface area contributed by atoms with Crippen molar-refractivity contribution < 1.29 is 14.3 Å². The van der Waals surface area contributed by atoms with Gasteiger partial charge >= 0.3 is 5.97 Å². The first-order chi connectivity index (χ1) is 6.81. The van der Waals surface area contributed by atoms with E-state index in [-0.39, 0.29) is 12.3 Å². The van der Waals surface area contributed by atoms with Gasteiger partial charge < -0.3 is 9.47 Å². The van der Waals surface area contributed by atoms with Gasteiger partial charge in [-0.3, -0.25) is 0 Å². The largest absolute Gasteiger partial charge is 0.434 e. The first kappa shape index (κ1) is 9.21. The zero-order valence-electron chi connectivity index (χ0n) is 7.97. The fourth-order valence-corrected chi connectivity index (χ4v) is 1.45. The average molecular weight is 192 g/mol. The molecule has 1 aliphatic rings. The van der Waals surface area contributed by atoms with Crippen molar-refractivity contribution in [3.8, 4) is 0 Å². The lowest BCUT2D eigenvalue weighted by molar-refractivity contribution is -0.143. The summed E-state index contributed by atoms with van der Waals surface area (Å²) in [5.41, 5.74) is 0.855. The number of ether oxygens (including phenoxy) is 2. The van der Waals surface area contributed by atoms with Gasteiger partial charge in [-0.1, -0.05) is 37.3 Å². The second kappa shape index (κ2) is 3.80. The van der Waals surface area contributed by atoms with Gasteiger partial charge in [0.05, 0.1) is 0 Å². The summed E-state index contributed by atoms with van der Waals surface area (Å²) in [5, 5.41) is 0.